The maximum atomic E-state index is 11.7. The first-order valence-electron chi connectivity index (χ1n) is 4.38. The highest BCUT2D eigenvalue weighted by Crippen LogP contribution is 2.39. The summed E-state index contributed by atoms with van der Waals surface area (Å²) in [5.74, 6) is -1.05. The molecule has 1 aliphatic heterocycles. The van der Waals surface area contributed by atoms with E-state index in [1.54, 1.807) is 12.1 Å². The summed E-state index contributed by atoms with van der Waals surface area (Å²) in [6, 6.07) is 4.77. The van der Waals surface area contributed by atoms with Crippen molar-refractivity contribution in [3.05, 3.63) is 33.6 Å². The second kappa shape index (κ2) is 3.71. The highest BCUT2D eigenvalue weighted by atomic mass is 79.9. The van der Waals surface area contributed by atoms with Crippen molar-refractivity contribution < 1.29 is 18.3 Å². The van der Waals surface area contributed by atoms with Crippen molar-refractivity contribution in [1.29, 1.82) is 0 Å². The third-order valence-electron chi connectivity index (χ3n) is 2.24. The maximum Gasteiger partial charge on any atom is 0.307 e. The number of halogens is 1. The number of hydrogen-bond donors (Lipinski definition) is 1. The molecule has 1 heterocycles. The van der Waals surface area contributed by atoms with E-state index >= 15 is 0 Å². The molecule has 0 fully saturated rings. The van der Waals surface area contributed by atoms with Crippen LogP contribution >= 0.6 is 15.9 Å². The van der Waals surface area contributed by atoms with Gasteiger partial charge in [-0.05, 0) is 17.7 Å². The molecule has 84 valence electrons. The molecule has 1 aromatic rings. The van der Waals surface area contributed by atoms with E-state index in [0.29, 0.717) is 15.6 Å². The SMILES string of the molecule is O=C(O)CC1=CS(=O)(=O)c2cccc(Br)c21. The number of carboxylic acids is 1. The minimum Gasteiger partial charge on any atom is -0.481 e. The predicted octanol–water partition coefficient (Wildman–Crippen LogP) is 2.05. The van der Waals surface area contributed by atoms with Gasteiger partial charge in [0.05, 0.1) is 11.3 Å². The maximum absolute atomic E-state index is 11.7. The first kappa shape index (κ1) is 11.3. The Morgan fingerprint density at radius 3 is 2.69 bits per heavy atom. The lowest BCUT2D eigenvalue weighted by molar-refractivity contribution is -0.135. The Morgan fingerprint density at radius 1 is 1.38 bits per heavy atom. The van der Waals surface area contributed by atoms with Gasteiger partial charge in [0.2, 0.25) is 9.84 Å². The number of hydrogen-bond acceptors (Lipinski definition) is 3. The van der Waals surface area contributed by atoms with E-state index in [1.807, 2.05) is 0 Å². The lowest BCUT2D eigenvalue weighted by Crippen LogP contribution is -1.96. The van der Waals surface area contributed by atoms with Crippen LogP contribution in [0.5, 0.6) is 0 Å². The minimum atomic E-state index is -3.48. The third kappa shape index (κ3) is 1.78. The largest absolute Gasteiger partial charge is 0.481 e. The summed E-state index contributed by atoms with van der Waals surface area (Å²) >= 11 is 3.23. The molecule has 6 heteroatoms. The van der Waals surface area contributed by atoms with Crippen LogP contribution in [0.25, 0.3) is 5.57 Å². The lowest BCUT2D eigenvalue weighted by atomic mass is 10.1. The number of fused-ring (bicyclic) bond motifs is 1. The summed E-state index contributed by atoms with van der Waals surface area (Å²) < 4.78 is 24.0. The molecule has 1 aliphatic rings. The average molecular weight is 303 g/mol. The van der Waals surface area contributed by atoms with Gasteiger partial charge in [0.1, 0.15) is 0 Å². The molecule has 0 aromatic heterocycles. The predicted molar refractivity (Wildman–Crippen MR) is 61.6 cm³/mol. The normalized spacial score (nSPS) is 16.7. The van der Waals surface area contributed by atoms with Crippen LogP contribution in [0.1, 0.15) is 12.0 Å². The van der Waals surface area contributed by atoms with Gasteiger partial charge in [0.15, 0.2) is 0 Å². The van der Waals surface area contributed by atoms with E-state index in [1.165, 1.54) is 6.07 Å². The highest BCUT2D eigenvalue weighted by Gasteiger charge is 2.29. The van der Waals surface area contributed by atoms with Crippen molar-refractivity contribution in [2.75, 3.05) is 0 Å². The fraction of sp³-hybridized carbons (Fsp3) is 0.100. The number of carboxylic acid groups (broad SMARTS) is 1. The molecule has 0 saturated heterocycles. The van der Waals surface area contributed by atoms with Crippen LogP contribution in [-0.2, 0) is 14.6 Å². The Morgan fingerprint density at radius 2 is 2.06 bits per heavy atom. The van der Waals surface area contributed by atoms with Crippen LogP contribution in [0.3, 0.4) is 0 Å². The van der Waals surface area contributed by atoms with Crippen molar-refractivity contribution >= 4 is 37.3 Å². The number of carbonyl (C=O) groups is 1. The molecule has 0 bridgehead atoms. The third-order valence-corrected chi connectivity index (χ3v) is 4.45. The number of sulfone groups is 1. The highest BCUT2D eigenvalue weighted by molar-refractivity contribution is 9.10. The molecule has 0 unspecified atom stereocenters. The van der Waals surface area contributed by atoms with Gasteiger partial charge in [-0.15, -0.1) is 0 Å². The minimum absolute atomic E-state index is 0.165. The zero-order valence-electron chi connectivity index (χ0n) is 7.97. The smallest absolute Gasteiger partial charge is 0.307 e. The molecule has 0 saturated carbocycles. The van der Waals surface area contributed by atoms with Crippen LogP contribution in [0.2, 0.25) is 0 Å². The Hall–Kier alpha value is -1.14. The average Bonchev–Trinajstić information content (AvgIpc) is 2.38. The van der Waals surface area contributed by atoms with E-state index in [4.69, 9.17) is 5.11 Å². The first-order valence-corrected chi connectivity index (χ1v) is 6.72. The number of aliphatic carboxylic acids is 1. The Kier molecular flexibility index (Phi) is 2.63. The van der Waals surface area contributed by atoms with Gasteiger partial charge in [-0.1, -0.05) is 22.0 Å². The lowest BCUT2D eigenvalue weighted by Gasteiger charge is -2.04. The standard InChI is InChI=1S/C10H7BrO4S/c11-7-2-1-3-8-10(7)6(4-9(12)13)5-16(8,14)15/h1-3,5H,4H2,(H,12,13). The first-order chi connectivity index (χ1) is 7.42. The fourth-order valence-corrected chi connectivity index (χ4v) is 3.90. The van der Waals surface area contributed by atoms with Gasteiger partial charge in [0, 0.05) is 15.4 Å². The van der Waals surface area contributed by atoms with E-state index in [2.05, 4.69) is 15.9 Å². The van der Waals surface area contributed by atoms with Gasteiger partial charge >= 0.3 is 5.97 Å². The van der Waals surface area contributed by atoms with Gasteiger partial charge in [-0.25, -0.2) is 8.42 Å². The Bertz CT molecular complexity index is 601. The number of rotatable bonds is 2. The van der Waals surface area contributed by atoms with E-state index < -0.39 is 15.8 Å². The summed E-state index contributed by atoms with van der Waals surface area (Å²) in [4.78, 5) is 10.8. The fourth-order valence-electron chi connectivity index (χ4n) is 1.66. The van der Waals surface area contributed by atoms with Crippen molar-refractivity contribution in [2.24, 2.45) is 0 Å². The van der Waals surface area contributed by atoms with Crippen molar-refractivity contribution in [2.45, 2.75) is 11.3 Å². The summed E-state index contributed by atoms with van der Waals surface area (Å²) in [7, 11) is -3.48. The van der Waals surface area contributed by atoms with Crippen LogP contribution < -0.4 is 0 Å². The van der Waals surface area contributed by atoms with Crippen LogP contribution in [-0.4, -0.2) is 19.5 Å². The summed E-state index contributed by atoms with van der Waals surface area (Å²) in [6.45, 7) is 0. The van der Waals surface area contributed by atoms with Crippen LogP contribution in [0.15, 0.2) is 33.0 Å². The van der Waals surface area contributed by atoms with Gasteiger partial charge < -0.3 is 5.11 Å². The summed E-state index contributed by atoms with van der Waals surface area (Å²) in [5.41, 5.74) is 0.778. The molecular weight excluding hydrogens is 296 g/mol. The molecular formula is C10H7BrO4S. The summed E-state index contributed by atoms with van der Waals surface area (Å²) in [5, 5.41) is 9.73. The Balaban J connectivity index is 2.67. The van der Waals surface area contributed by atoms with Gasteiger partial charge in [-0.2, -0.15) is 0 Å². The molecule has 1 aromatic carbocycles. The zero-order chi connectivity index (χ0) is 11.9. The van der Waals surface area contributed by atoms with Gasteiger partial charge in [-0.3, -0.25) is 4.79 Å². The zero-order valence-corrected chi connectivity index (χ0v) is 10.4. The summed E-state index contributed by atoms with van der Waals surface area (Å²) in [6.07, 6.45) is -0.297. The molecule has 16 heavy (non-hydrogen) atoms. The molecule has 2 rings (SSSR count). The molecule has 4 nitrogen and oxygen atoms in total. The molecule has 0 amide bonds. The molecule has 0 aliphatic carbocycles. The van der Waals surface area contributed by atoms with Crippen molar-refractivity contribution in [3.63, 3.8) is 0 Å². The van der Waals surface area contributed by atoms with E-state index in [-0.39, 0.29) is 11.3 Å². The quantitative estimate of drug-likeness (QED) is 0.907. The van der Waals surface area contributed by atoms with Crippen LogP contribution in [0.4, 0.5) is 0 Å². The number of benzene rings is 1. The second-order valence-corrected chi connectivity index (χ2v) is 5.99. The Labute approximate surface area is 101 Å². The van der Waals surface area contributed by atoms with Crippen molar-refractivity contribution in [1.82, 2.24) is 0 Å². The molecule has 0 spiro atoms. The molecule has 0 atom stereocenters. The monoisotopic (exact) mass is 302 g/mol. The van der Waals surface area contributed by atoms with Crippen molar-refractivity contribution in [3.8, 4) is 0 Å². The topological polar surface area (TPSA) is 71.4 Å². The molecule has 1 N–H and O–H groups in total. The van der Waals surface area contributed by atoms with E-state index in [9.17, 15) is 13.2 Å². The van der Waals surface area contributed by atoms with Gasteiger partial charge in [0.25, 0.3) is 0 Å². The van der Waals surface area contributed by atoms with Crippen LogP contribution in [0, 0.1) is 0 Å². The van der Waals surface area contributed by atoms with E-state index in [0.717, 1.165) is 5.41 Å². The molecule has 0 radical (unpaired) electrons. The second-order valence-electron chi connectivity index (χ2n) is 3.37.